The van der Waals surface area contributed by atoms with Gasteiger partial charge in [0, 0.05) is 5.39 Å². The fourth-order valence-corrected chi connectivity index (χ4v) is 2.27. The highest BCUT2D eigenvalue weighted by atomic mass is 15.2. The minimum Gasteiger partial charge on any atom is -0.308 e. The van der Waals surface area contributed by atoms with Crippen LogP contribution in [0.3, 0.4) is 0 Å². The zero-order valence-corrected chi connectivity index (χ0v) is 12.2. The molecule has 0 amide bonds. The van der Waals surface area contributed by atoms with Gasteiger partial charge >= 0.3 is 0 Å². The van der Waals surface area contributed by atoms with Crippen molar-refractivity contribution < 1.29 is 0 Å². The van der Waals surface area contributed by atoms with E-state index < -0.39 is 0 Å². The zero-order valence-electron chi connectivity index (χ0n) is 12.2. The lowest BCUT2D eigenvalue weighted by Crippen LogP contribution is -2.12. The van der Waals surface area contributed by atoms with Crippen LogP contribution in [0.5, 0.6) is 0 Å². The lowest BCUT2D eigenvalue weighted by Gasteiger charge is -2.19. The van der Waals surface area contributed by atoms with E-state index in [4.69, 9.17) is 5.84 Å². The highest BCUT2D eigenvalue weighted by molar-refractivity contribution is 5.82. The average molecular weight is 257 g/mol. The van der Waals surface area contributed by atoms with Gasteiger partial charge in [-0.15, -0.1) is 0 Å². The molecule has 1 heterocycles. The summed E-state index contributed by atoms with van der Waals surface area (Å²) in [5.74, 6) is 6.35. The summed E-state index contributed by atoms with van der Waals surface area (Å²) in [5, 5.41) is 1.19. The van der Waals surface area contributed by atoms with Crippen LogP contribution in [-0.2, 0) is 11.8 Å². The largest absolute Gasteiger partial charge is 0.308 e. The molecule has 19 heavy (non-hydrogen) atoms. The topological polar surface area (TPSA) is 50.9 Å². The van der Waals surface area contributed by atoms with E-state index >= 15 is 0 Å². The van der Waals surface area contributed by atoms with Crippen LogP contribution in [-0.4, -0.2) is 4.98 Å². The van der Waals surface area contributed by atoms with Crippen molar-refractivity contribution in [3.05, 3.63) is 35.4 Å². The molecule has 102 valence electrons. The Morgan fingerprint density at radius 2 is 1.95 bits per heavy atom. The van der Waals surface area contributed by atoms with Gasteiger partial charge < -0.3 is 5.43 Å². The first-order chi connectivity index (χ1) is 8.95. The molecule has 2 rings (SSSR count). The molecule has 0 saturated carbocycles. The van der Waals surface area contributed by atoms with E-state index in [1.165, 1.54) is 16.5 Å². The molecule has 2 aromatic rings. The third kappa shape index (κ3) is 2.87. The Kier molecular flexibility index (Phi) is 3.76. The molecule has 0 aliphatic rings. The van der Waals surface area contributed by atoms with Gasteiger partial charge in [-0.3, -0.25) is 0 Å². The van der Waals surface area contributed by atoms with Gasteiger partial charge in [-0.25, -0.2) is 10.8 Å². The number of fused-ring (bicyclic) bond motifs is 1. The van der Waals surface area contributed by atoms with Crippen LogP contribution < -0.4 is 11.3 Å². The second-order valence-electron chi connectivity index (χ2n) is 6.05. The first-order valence-electron chi connectivity index (χ1n) is 6.86. The number of pyridine rings is 1. The molecule has 0 aliphatic heterocycles. The number of aryl methyl sites for hydroxylation is 1. The highest BCUT2D eigenvalue weighted by Crippen LogP contribution is 2.27. The summed E-state index contributed by atoms with van der Waals surface area (Å²) in [5.41, 5.74) is 6.36. The number of nitrogens with two attached hydrogens (primary N) is 1. The average Bonchev–Trinajstić information content (AvgIpc) is 2.36. The zero-order chi connectivity index (χ0) is 14.0. The SMILES string of the molecule is CCCc1cc2cc(C(C)(C)C)ccc2nc1NN. The first kappa shape index (κ1) is 13.8. The molecule has 0 aliphatic carbocycles. The predicted molar refractivity (Wildman–Crippen MR) is 82.2 cm³/mol. The molecule has 0 saturated heterocycles. The second-order valence-corrected chi connectivity index (χ2v) is 6.05. The Morgan fingerprint density at radius 3 is 2.53 bits per heavy atom. The molecule has 3 heteroatoms. The van der Waals surface area contributed by atoms with Crippen molar-refractivity contribution in [3.63, 3.8) is 0 Å². The van der Waals surface area contributed by atoms with Crippen molar-refractivity contribution in [2.45, 2.75) is 46.0 Å². The van der Waals surface area contributed by atoms with Crippen molar-refractivity contribution in [2.24, 2.45) is 5.84 Å². The van der Waals surface area contributed by atoms with Gasteiger partial charge in [-0.05, 0) is 41.2 Å². The van der Waals surface area contributed by atoms with Gasteiger partial charge in [-0.1, -0.05) is 40.2 Å². The fraction of sp³-hybridized carbons (Fsp3) is 0.438. The minimum atomic E-state index is 0.157. The third-order valence-electron chi connectivity index (χ3n) is 3.42. The van der Waals surface area contributed by atoms with Gasteiger partial charge in [0.25, 0.3) is 0 Å². The quantitative estimate of drug-likeness (QED) is 0.650. The number of aromatic nitrogens is 1. The monoisotopic (exact) mass is 257 g/mol. The van der Waals surface area contributed by atoms with E-state index in [9.17, 15) is 0 Å². The molecule has 0 spiro atoms. The van der Waals surface area contributed by atoms with Crippen molar-refractivity contribution >= 4 is 16.7 Å². The number of nitrogens with one attached hydrogen (secondary N) is 1. The number of hydrogen-bond donors (Lipinski definition) is 2. The van der Waals surface area contributed by atoms with Crippen molar-refractivity contribution in [2.75, 3.05) is 5.43 Å². The number of nitrogens with zero attached hydrogens (tertiary/aromatic N) is 1. The van der Waals surface area contributed by atoms with Crippen LogP contribution in [0, 0.1) is 0 Å². The van der Waals surface area contributed by atoms with Gasteiger partial charge in [0.2, 0.25) is 0 Å². The number of benzene rings is 1. The van der Waals surface area contributed by atoms with E-state index in [0.717, 1.165) is 24.2 Å². The molecule has 0 unspecified atom stereocenters. The van der Waals surface area contributed by atoms with Gasteiger partial charge in [0.05, 0.1) is 5.52 Å². The summed E-state index contributed by atoms with van der Waals surface area (Å²) in [6.45, 7) is 8.84. The van der Waals surface area contributed by atoms with Crippen molar-refractivity contribution in [3.8, 4) is 0 Å². The standard InChI is InChI=1S/C16H23N3/c1-5-6-11-9-12-10-13(16(2,3)4)7-8-14(12)18-15(11)19-17/h7-10H,5-6,17H2,1-4H3,(H,18,19). The Morgan fingerprint density at radius 1 is 1.21 bits per heavy atom. The van der Waals surface area contributed by atoms with Crippen molar-refractivity contribution in [1.29, 1.82) is 0 Å². The number of hydrogen-bond acceptors (Lipinski definition) is 3. The summed E-state index contributed by atoms with van der Waals surface area (Å²) in [6.07, 6.45) is 2.07. The first-order valence-corrected chi connectivity index (χ1v) is 6.86. The number of anilines is 1. The Hall–Kier alpha value is -1.61. The maximum atomic E-state index is 5.56. The van der Waals surface area contributed by atoms with E-state index in [1.54, 1.807) is 0 Å². The highest BCUT2D eigenvalue weighted by Gasteiger charge is 2.14. The molecule has 1 aromatic carbocycles. The molecular formula is C16H23N3. The molecule has 0 radical (unpaired) electrons. The van der Waals surface area contributed by atoms with Crippen LogP contribution in [0.1, 0.15) is 45.2 Å². The molecule has 0 bridgehead atoms. The lowest BCUT2D eigenvalue weighted by atomic mass is 9.86. The van der Waals surface area contributed by atoms with Crippen LogP contribution in [0.15, 0.2) is 24.3 Å². The molecule has 0 atom stereocenters. The Balaban J connectivity index is 2.59. The van der Waals surface area contributed by atoms with Crippen molar-refractivity contribution in [1.82, 2.24) is 4.98 Å². The summed E-state index contributed by atoms with van der Waals surface area (Å²) in [6, 6.07) is 8.67. The summed E-state index contributed by atoms with van der Waals surface area (Å²) >= 11 is 0. The number of rotatable bonds is 3. The fourth-order valence-electron chi connectivity index (χ4n) is 2.27. The van der Waals surface area contributed by atoms with Gasteiger partial charge in [0.1, 0.15) is 5.82 Å². The van der Waals surface area contributed by atoms with E-state index in [0.29, 0.717) is 0 Å². The van der Waals surface area contributed by atoms with Crippen LogP contribution in [0.2, 0.25) is 0 Å². The van der Waals surface area contributed by atoms with E-state index in [1.807, 2.05) is 0 Å². The minimum absolute atomic E-state index is 0.157. The maximum Gasteiger partial charge on any atom is 0.143 e. The summed E-state index contributed by atoms with van der Waals surface area (Å²) < 4.78 is 0. The summed E-state index contributed by atoms with van der Waals surface area (Å²) in [4.78, 5) is 4.60. The van der Waals surface area contributed by atoms with E-state index in [-0.39, 0.29) is 5.41 Å². The smallest absolute Gasteiger partial charge is 0.143 e. The second kappa shape index (κ2) is 5.17. The van der Waals surface area contributed by atoms with E-state index in [2.05, 4.69) is 62.4 Å². The van der Waals surface area contributed by atoms with Crippen LogP contribution >= 0.6 is 0 Å². The lowest BCUT2D eigenvalue weighted by molar-refractivity contribution is 0.591. The molecule has 1 aromatic heterocycles. The third-order valence-corrected chi connectivity index (χ3v) is 3.42. The van der Waals surface area contributed by atoms with Crippen LogP contribution in [0.25, 0.3) is 10.9 Å². The molecular weight excluding hydrogens is 234 g/mol. The molecule has 3 N–H and O–H groups in total. The number of hydrazine groups is 1. The number of nitrogen functional groups attached to an aromatic ring is 1. The maximum absolute atomic E-state index is 5.56. The van der Waals surface area contributed by atoms with Gasteiger partial charge in [-0.2, -0.15) is 0 Å². The normalized spacial score (nSPS) is 11.8. The van der Waals surface area contributed by atoms with Gasteiger partial charge in [0.15, 0.2) is 0 Å². The van der Waals surface area contributed by atoms with Crippen LogP contribution in [0.4, 0.5) is 5.82 Å². The predicted octanol–water partition coefficient (Wildman–Crippen LogP) is 3.77. The molecule has 3 nitrogen and oxygen atoms in total. The Bertz CT molecular complexity index is 582. The Labute approximate surface area is 115 Å². The summed E-state index contributed by atoms with van der Waals surface area (Å²) in [7, 11) is 0. The molecule has 0 fully saturated rings.